The van der Waals surface area contributed by atoms with Crippen molar-refractivity contribution in [3.63, 3.8) is 0 Å². The van der Waals surface area contributed by atoms with Gasteiger partial charge in [-0.1, -0.05) is 103 Å². The molecular formula is C25H23N. The molecule has 0 unspecified atom stereocenters. The standard InChI is InChI=1S/C25H23N/c26-25(18-20-10-3-1-4-11-20,19-21-12-5-2-6-13-21)24-17-9-15-22-14-7-8-16-23(22)24/h1-17H,18-19,26H2. The first-order chi connectivity index (χ1) is 12.7. The van der Waals surface area contributed by atoms with Gasteiger partial charge in [0.15, 0.2) is 0 Å². The lowest BCUT2D eigenvalue weighted by atomic mass is 9.78. The molecule has 4 aromatic carbocycles. The van der Waals surface area contributed by atoms with Crippen molar-refractivity contribution in [3.05, 3.63) is 120 Å². The summed E-state index contributed by atoms with van der Waals surface area (Å²) in [4.78, 5) is 0. The molecule has 0 aromatic heterocycles. The molecule has 0 heterocycles. The Bertz CT molecular complexity index is 943. The largest absolute Gasteiger partial charge is 0.321 e. The summed E-state index contributed by atoms with van der Waals surface area (Å²) in [5.41, 5.74) is 10.4. The smallest absolute Gasteiger partial charge is 0.0497 e. The second-order valence-corrected chi connectivity index (χ2v) is 7.01. The predicted molar refractivity (Wildman–Crippen MR) is 110 cm³/mol. The SMILES string of the molecule is NC(Cc1ccccc1)(Cc1ccccc1)c1cccc2ccccc12. The Morgan fingerprint density at radius 3 is 1.65 bits per heavy atom. The molecule has 0 aliphatic rings. The van der Waals surface area contributed by atoms with E-state index in [0.29, 0.717) is 0 Å². The molecule has 0 aliphatic heterocycles. The van der Waals surface area contributed by atoms with Gasteiger partial charge >= 0.3 is 0 Å². The van der Waals surface area contributed by atoms with Crippen LogP contribution < -0.4 is 5.73 Å². The maximum atomic E-state index is 7.15. The molecule has 0 atom stereocenters. The van der Waals surface area contributed by atoms with Gasteiger partial charge in [-0.05, 0) is 40.3 Å². The molecule has 0 radical (unpaired) electrons. The minimum Gasteiger partial charge on any atom is -0.321 e. The van der Waals surface area contributed by atoms with Gasteiger partial charge in [0, 0.05) is 5.54 Å². The van der Waals surface area contributed by atoms with Crippen molar-refractivity contribution in [1.82, 2.24) is 0 Å². The van der Waals surface area contributed by atoms with Crippen LogP contribution in [-0.4, -0.2) is 0 Å². The Morgan fingerprint density at radius 2 is 1.04 bits per heavy atom. The predicted octanol–water partition coefficient (Wildman–Crippen LogP) is 5.48. The van der Waals surface area contributed by atoms with Gasteiger partial charge in [-0.2, -0.15) is 0 Å². The number of fused-ring (bicyclic) bond motifs is 1. The lowest BCUT2D eigenvalue weighted by Gasteiger charge is -2.32. The van der Waals surface area contributed by atoms with Gasteiger partial charge < -0.3 is 5.73 Å². The molecule has 128 valence electrons. The highest BCUT2D eigenvalue weighted by Gasteiger charge is 2.29. The molecule has 0 fully saturated rings. The normalized spacial score (nSPS) is 11.6. The summed E-state index contributed by atoms with van der Waals surface area (Å²) in [6, 6.07) is 36.1. The third-order valence-corrected chi connectivity index (χ3v) is 5.05. The van der Waals surface area contributed by atoms with Gasteiger partial charge in [-0.3, -0.25) is 0 Å². The fourth-order valence-corrected chi connectivity index (χ4v) is 3.83. The van der Waals surface area contributed by atoms with Crippen molar-refractivity contribution < 1.29 is 0 Å². The molecule has 4 aromatic rings. The summed E-state index contributed by atoms with van der Waals surface area (Å²) in [5, 5.41) is 2.48. The fourth-order valence-electron chi connectivity index (χ4n) is 3.83. The molecule has 0 aliphatic carbocycles. The molecule has 1 heteroatoms. The molecule has 0 bridgehead atoms. The Kier molecular flexibility index (Phi) is 4.55. The zero-order valence-electron chi connectivity index (χ0n) is 14.8. The highest BCUT2D eigenvalue weighted by Crippen LogP contribution is 2.33. The van der Waals surface area contributed by atoms with E-state index in [1.807, 2.05) is 0 Å². The van der Waals surface area contributed by atoms with Gasteiger partial charge in [0.05, 0.1) is 0 Å². The highest BCUT2D eigenvalue weighted by atomic mass is 14.7. The van der Waals surface area contributed by atoms with Crippen LogP contribution in [0.25, 0.3) is 10.8 Å². The minimum atomic E-state index is -0.469. The van der Waals surface area contributed by atoms with Crippen LogP contribution in [0.1, 0.15) is 16.7 Å². The summed E-state index contributed by atoms with van der Waals surface area (Å²) >= 11 is 0. The molecular weight excluding hydrogens is 314 g/mol. The van der Waals surface area contributed by atoms with Gasteiger partial charge in [-0.15, -0.1) is 0 Å². The molecule has 0 saturated carbocycles. The van der Waals surface area contributed by atoms with Crippen LogP contribution in [-0.2, 0) is 18.4 Å². The van der Waals surface area contributed by atoms with Crippen molar-refractivity contribution >= 4 is 10.8 Å². The van der Waals surface area contributed by atoms with E-state index in [1.165, 1.54) is 27.5 Å². The van der Waals surface area contributed by atoms with E-state index < -0.39 is 5.54 Å². The highest BCUT2D eigenvalue weighted by molar-refractivity contribution is 5.86. The van der Waals surface area contributed by atoms with Crippen molar-refractivity contribution in [2.24, 2.45) is 5.73 Å². The van der Waals surface area contributed by atoms with Crippen molar-refractivity contribution in [2.45, 2.75) is 18.4 Å². The van der Waals surface area contributed by atoms with E-state index in [4.69, 9.17) is 5.73 Å². The van der Waals surface area contributed by atoms with E-state index in [-0.39, 0.29) is 0 Å². The van der Waals surface area contributed by atoms with Crippen LogP contribution in [0.3, 0.4) is 0 Å². The average molecular weight is 337 g/mol. The van der Waals surface area contributed by atoms with E-state index in [2.05, 4.69) is 103 Å². The summed E-state index contributed by atoms with van der Waals surface area (Å²) in [5.74, 6) is 0. The Labute approximate surface area is 155 Å². The number of benzene rings is 4. The van der Waals surface area contributed by atoms with E-state index >= 15 is 0 Å². The van der Waals surface area contributed by atoms with Crippen LogP contribution in [0.2, 0.25) is 0 Å². The van der Waals surface area contributed by atoms with Crippen molar-refractivity contribution in [1.29, 1.82) is 0 Å². The summed E-state index contributed by atoms with van der Waals surface area (Å²) in [6.07, 6.45) is 1.60. The maximum Gasteiger partial charge on any atom is 0.0497 e. The Balaban J connectivity index is 1.84. The topological polar surface area (TPSA) is 26.0 Å². The van der Waals surface area contributed by atoms with E-state index in [1.54, 1.807) is 0 Å². The van der Waals surface area contributed by atoms with Crippen molar-refractivity contribution in [3.8, 4) is 0 Å². The molecule has 1 nitrogen and oxygen atoms in total. The molecule has 4 rings (SSSR count). The number of hydrogen-bond acceptors (Lipinski definition) is 1. The fraction of sp³-hybridized carbons (Fsp3) is 0.120. The third kappa shape index (κ3) is 3.40. The minimum absolute atomic E-state index is 0.469. The van der Waals surface area contributed by atoms with E-state index in [0.717, 1.165) is 12.8 Å². The monoisotopic (exact) mass is 337 g/mol. The van der Waals surface area contributed by atoms with E-state index in [9.17, 15) is 0 Å². The third-order valence-electron chi connectivity index (χ3n) is 5.05. The lowest BCUT2D eigenvalue weighted by Crippen LogP contribution is -2.41. The zero-order valence-corrected chi connectivity index (χ0v) is 14.8. The van der Waals surface area contributed by atoms with Crippen LogP contribution in [0.4, 0.5) is 0 Å². The molecule has 26 heavy (non-hydrogen) atoms. The van der Waals surface area contributed by atoms with Gasteiger partial charge in [0.1, 0.15) is 0 Å². The molecule has 2 N–H and O–H groups in total. The van der Waals surface area contributed by atoms with Gasteiger partial charge in [-0.25, -0.2) is 0 Å². The van der Waals surface area contributed by atoms with Gasteiger partial charge in [0.25, 0.3) is 0 Å². The molecule has 0 saturated heterocycles. The van der Waals surface area contributed by atoms with Crippen LogP contribution in [0.5, 0.6) is 0 Å². The zero-order chi connectivity index (χ0) is 17.8. The quantitative estimate of drug-likeness (QED) is 0.513. The lowest BCUT2D eigenvalue weighted by molar-refractivity contribution is 0.441. The Hall–Kier alpha value is -2.90. The maximum absolute atomic E-state index is 7.15. The van der Waals surface area contributed by atoms with Gasteiger partial charge in [0.2, 0.25) is 0 Å². The molecule has 0 spiro atoms. The van der Waals surface area contributed by atoms with Crippen LogP contribution >= 0.6 is 0 Å². The molecule has 0 amide bonds. The van der Waals surface area contributed by atoms with Crippen LogP contribution in [0.15, 0.2) is 103 Å². The first-order valence-corrected chi connectivity index (χ1v) is 9.10. The first-order valence-electron chi connectivity index (χ1n) is 9.10. The first kappa shape index (κ1) is 16.6. The Morgan fingerprint density at radius 1 is 0.538 bits per heavy atom. The number of hydrogen-bond donors (Lipinski definition) is 1. The summed E-state index contributed by atoms with van der Waals surface area (Å²) in [7, 11) is 0. The number of nitrogens with two attached hydrogens (primary N) is 1. The second kappa shape index (κ2) is 7.15. The second-order valence-electron chi connectivity index (χ2n) is 7.01. The van der Waals surface area contributed by atoms with Crippen molar-refractivity contribution in [2.75, 3.05) is 0 Å². The average Bonchev–Trinajstić information content (AvgIpc) is 2.69. The number of rotatable bonds is 5. The van der Waals surface area contributed by atoms with Crippen LogP contribution in [0, 0.1) is 0 Å². The summed E-state index contributed by atoms with van der Waals surface area (Å²) in [6.45, 7) is 0. The summed E-state index contributed by atoms with van der Waals surface area (Å²) < 4.78 is 0.